The van der Waals surface area contributed by atoms with E-state index in [0.29, 0.717) is 38.3 Å². The molecule has 0 aliphatic carbocycles. The summed E-state index contributed by atoms with van der Waals surface area (Å²) >= 11 is 0. The molecule has 0 N–H and O–H groups in total. The zero-order chi connectivity index (χ0) is 30.1. The van der Waals surface area contributed by atoms with Gasteiger partial charge in [0.1, 0.15) is 5.65 Å². The molecule has 1 amide bonds. The minimum atomic E-state index is -4.44. The van der Waals surface area contributed by atoms with Gasteiger partial charge in [-0.1, -0.05) is 54.6 Å². The Morgan fingerprint density at radius 1 is 0.744 bits per heavy atom. The highest BCUT2D eigenvalue weighted by atomic mass is 19.4. The molecule has 3 aromatic carbocycles. The first-order chi connectivity index (χ1) is 20.7. The normalized spacial score (nSPS) is 14.3. The number of piperazine rings is 1. The van der Waals surface area contributed by atoms with Gasteiger partial charge in [-0.3, -0.25) is 14.5 Å². The minimum absolute atomic E-state index is 0.0209. The molecule has 0 unspecified atom stereocenters. The van der Waals surface area contributed by atoms with Gasteiger partial charge in [0.05, 0.1) is 17.0 Å². The maximum atomic E-state index is 13.0. The molecule has 218 valence electrons. The van der Waals surface area contributed by atoms with Crippen molar-refractivity contribution in [2.75, 3.05) is 26.2 Å². The van der Waals surface area contributed by atoms with Gasteiger partial charge in [-0.15, -0.1) is 0 Å². The molecule has 6 rings (SSSR count). The van der Waals surface area contributed by atoms with E-state index < -0.39 is 11.7 Å². The van der Waals surface area contributed by atoms with Crippen molar-refractivity contribution in [2.45, 2.75) is 19.6 Å². The molecule has 1 aliphatic rings. The molecule has 5 aromatic rings. The number of imidazole rings is 1. The highest BCUT2D eigenvalue weighted by Gasteiger charge is 2.31. The molecule has 2 aromatic heterocycles. The summed E-state index contributed by atoms with van der Waals surface area (Å²) in [5, 5.41) is 0. The zero-order valence-corrected chi connectivity index (χ0v) is 23.5. The smallest absolute Gasteiger partial charge is 0.336 e. The number of hydrogen-bond donors (Lipinski definition) is 0. The van der Waals surface area contributed by atoms with Gasteiger partial charge >= 0.3 is 6.18 Å². The van der Waals surface area contributed by atoms with Crippen LogP contribution in [-0.2, 0) is 12.7 Å². The average Bonchev–Trinajstić information content (AvgIpc) is 3.38. The Bertz CT molecular complexity index is 1770. The number of alkyl halides is 3. The standard InChI is InChI=1S/C34H29F3N4O2/c1-23(42)24-7-9-25(10-8-24)28-13-16-31-38-32(26-5-3-2-4-6-26)30(41(31)21-28)22-39-17-19-40(20-18-39)33(43)27-11-14-29(15-12-27)34(35,36)37/h2-16,21H,17-20,22H2,1H3. The van der Waals surface area contributed by atoms with Crippen LogP contribution in [0.1, 0.15) is 38.9 Å². The number of rotatable bonds is 6. The van der Waals surface area contributed by atoms with Crippen LogP contribution < -0.4 is 0 Å². The molecule has 1 aliphatic heterocycles. The van der Waals surface area contributed by atoms with Gasteiger partial charge < -0.3 is 9.30 Å². The predicted molar refractivity (Wildman–Crippen MR) is 159 cm³/mol. The van der Waals surface area contributed by atoms with Crippen molar-refractivity contribution in [3.05, 3.63) is 120 Å². The minimum Gasteiger partial charge on any atom is -0.336 e. The van der Waals surface area contributed by atoms with Gasteiger partial charge in [-0.25, -0.2) is 4.98 Å². The highest BCUT2D eigenvalue weighted by Crippen LogP contribution is 2.30. The number of Topliss-reactive ketones (excluding diaryl/α,β-unsaturated/α-hetero) is 1. The fourth-order valence-electron chi connectivity index (χ4n) is 5.45. The Morgan fingerprint density at radius 2 is 1.37 bits per heavy atom. The summed E-state index contributed by atoms with van der Waals surface area (Å²) in [6.07, 6.45) is -2.37. The Labute approximate surface area is 247 Å². The first-order valence-corrected chi connectivity index (χ1v) is 14.0. The van der Waals surface area contributed by atoms with Crippen LogP contribution in [0, 0.1) is 0 Å². The van der Waals surface area contributed by atoms with Crippen LogP contribution in [0.25, 0.3) is 28.0 Å². The summed E-state index contributed by atoms with van der Waals surface area (Å²) in [6, 6.07) is 26.0. The average molecular weight is 583 g/mol. The second kappa shape index (κ2) is 11.5. The third-order valence-corrected chi connectivity index (χ3v) is 7.88. The summed E-state index contributed by atoms with van der Waals surface area (Å²) in [5.74, 6) is -0.249. The number of nitrogens with zero attached hydrogens (tertiary/aromatic N) is 4. The molecule has 0 bridgehead atoms. The van der Waals surface area contributed by atoms with Crippen LogP contribution in [0.15, 0.2) is 97.2 Å². The Balaban J connectivity index is 1.24. The fourth-order valence-corrected chi connectivity index (χ4v) is 5.45. The molecule has 6 nitrogen and oxygen atoms in total. The molecule has 43 heavy (non-hydrogen) atoms. The third kappa shape index (κ3) is 5.94. The number of benzene rings is 3. The molecule has 0 radical (unpaired) electrons. The lowest BCUT2D eigenvalue weighted by molar-refractivity contribution is -0.137. The Kier molecular flexibility index (Phi) is 7.58. The molecule has 9 heteroatoms. The molecular formula is C34H29F3N4O2. The molecule has 3 heterocycles. The van der Waals surface area contributed by atoms with Crippen LogP contribution in [0.2, 0.25) is 0 Å². The first-order valence-electron chi connectivity index (χ1n) is 14.0. The molecule has 0 saturated carbocycles. The van der Waals surface area contributed by atoms with Crippen LogP contribution in [0.4, 0.5) is 13.2 Å². The van der Waals surface area contributed by atoms with E-state index in [0.717, 1.165) is 45.9 Å². The van der Waals surface area contributed by atoms with Crippen LogP contribution >= 0.6 is 0 Å². The summed E-state index contributed by atoms with van der Waals surface area (Å²) in [5.41, 5.74) is 5.84. The number of fused-ring (bicyclic) bond motifs is 1. The van der Waals surface area contributed by atoms with E-state index in [4.69, 9.17) is 4.98 Å². The number of pyridine rings is 1. The van der Waals surface area contributed by atoms with Gasteiger partial charge in [0.25, 0.3) is 5.91 Å². The topological polar surface area (TPSA) is 57.9 Å². The lowest BCUT2D eigenvalue weighted by Gasteiger charge is -2.34. The van der Waals surface area contributed by atoms with E-state index in [1.165, 1.54) is 12.1 Å². The largest absolute Gasteiger partial charge is 0.416 e. The van der Waals surface area contributed by atoms with Crippen molar-refractivity contribution in [3.63, 3.8) is 0 Å². The fraction of sp³-hybridized carbons (Fsp3) is 0.206. The van der Waals surface area contributed by atoms with E-state index in [1.807, 2.05) is 66.7 Å². The molecule has 1 saturated heterocycles. The summed E-state index contributed by atoms with van der Waals surface area (Å²) in [4.78, 5) is 33.7. The van der Waals surface area contributed by atoms with E-state index in [2.05, 4.69) is 15.5 Å². The zero-order valence-electron chi connectivity index (χ0n) is 23.5. The van der Waals surface area contributed by atoms with Crippen molar-refractivity contribution in [2.24, 2.45) is 0 Å². The second-order valence-electron chi connectivity index (χ2n) is 10.7. The van der Waals surface area contributed by atoms with E-state index in [-0.39, 0.29) is 17.3 Å². The second-order valence-corrected chi connectivity index (χ2v) is 10.7. The lowest BCUT2D eigenvalue weighted by Crippen LogP contribution is -2.48. The van der Waals surface area contributed by atoms with Gasteiger partial charge in [-0.05, 0) is 54.4 Å². The molecule has 0 spiro atoms. The number of halogens is 3. The third-order valence-electron chi connectivity index (χ3n) is 7.88. The predicted octanol–water partition coefficient (Wildman–Crippen LogP) is 6.85. The Morgan fingerprint density at radius 3 is 2.00 bits per heavy atom. The van der Waals surface area contributed by atoms with Crippen molar-refractivity contribution in [1.29, 1.82) is 0 Å². The van der Waals surface area contributed by atoms with Crippen molar-refractivity contribution >= 4 is 17.3 Å². The quantitative estimate of drug-likeness (QED) is 0.206. The SMILES string of the molecule is CC(=O)c1ccc(-c2ccc3nc(-c4ccccc4)c(CN4CCN(C(=O)c5ccc(C(F)(F)F)cc5)CC4)n3c2)cc1. The molecular weight excluding hydrogens is 553 g/mol. The highest BCUT2D eigenvalue weighted by molar-refractivity contribution is 5.95. The molecule has 1 fully saturated rings. The van der Waals surface area contributed by atoms with Gasteiger partial charge in [-0.2, -0.15) is 13.2 Å². The maximum absolute atomic E-state index is 13.0. The van der Waals surface area contributed by atoms with E-state index >= 15 is 0 Å². The van der Waals surface area contributed by atoms with Crippen LogP contribution in [-0.4, -0.2) is 57.1 Å². The van der Waals surface area contributed by atoms with Gasteiger partial charge in [0, 0.05) is 55.6 Å². The number of amides is 1. The summed E-state index contributed by atoms with van der Waals surface area (Å²) in [7, 11) is 0. The van der Waals surface area contributed by atoms with Crippen LogP contribution in [0.5, 0.6) is 0 Å². The maximum Gasteiger partial charge on any atom is 0.416 e. The number of ketones is 1. The van der Waals surface area contributed by atoms with Crippen molar-refractivity contribution in [3.8, 4) is 22.4 Å². The van der Waals surface area contributed by atoms with Gasteiger partial charge in [0.2, 0.25) is 0 Å². The van der Waals surface area contributed by atoms with E-state index in [9.17, 15) is 22.8 Å². The monoisotopic (exact) mass is 582 g/mol. The molecule has 0 atom stereocenters. The summed E-state index contributed by atoms with van der Waals surface area (Å²) < 4.78 is 40.9. The van der Waals surface area contributed by atoms with Crippen molar-refractivity contribution < 1.29 is 22.8 Å². The summed E-state index contributed by atoms with van der Waals surface area (Å²) in [6.45, 7) is 4.30. The van der Waals surface area contributed by atoms with E-state index in [1.54, 1.807) is 11.8 Å². The van der Waals surface area contributed by atoms with Gasteiger partial charge in [0.15, 0.2) is 5.78 Å². The number of hydrogen-bond acceptors (Lipinski definition) is 4. The van der Waals surface area contributed by atoms with Crippen molar-refractivity contribution in [1.82, 2.24) is 19.2 Å². The first kappa shape index (κ1) is 28.4. The lowest BCUT2D eigenvalue weighted by atomic mass is 10.0. The number of carbonyl (C=O) groups excluding carboxylic acids is 2. The number of aromatic nitrogens is 2. The Hall–Kier alpha value is -4.76. The number of carbonyl (C=O) groups is 2. The van der Waals surface area contributed by atoms with Crippen LogP contribution in [0.3, 0.4) is 0 Å².